The molecular weight excluding hydrogens is 308 g/mol. The second-order valence-corrected chi connectivity index (χ2v) is 5.95. The van der Waals surface area contributed by atoms with Crippen LogP contribution in [0, 0.1) is 0 Å². The summed E-state index contributed by atoms with van der Waals surface area (Å²) < 4.78 is 5.46. The highest BCUT2D eigenvalue weighted by Crippen LogP contribution is 2.26. The fourth-order valence-electron chi connectivity index (χ4n) is 2.91. The Labute approximate surface area is 140 Å². The zero-order valence-corrected chi connectivity index (χ0v) is 13.7. The van der Waals surface area contributed by atoms with Crippen LogP contribution in [0.3, 0.4) is 0 Å². The molecule has 0 N–H and O–H groups in total. The van der Waals surface area contributed by atoms with Gasteiger partial charge in [-0.2, -0.15) is 0 Å². The molecule has 0 aromatic heterocycles. The molecule has 6 heteroatoms. The van der Waals surface area contributed by atoms with Crippen LogP contribution in [-0.2, 0) is 16.0 Å². The maximum atomic E-state index is 12.2. The third-order valence-corrected chi connectivity index (χ3v) is 4.39. The van der Waals surface area contributed by atoms with E-state index in [2.05, 4.69) is 0 Å². The summed E-state index contributed by atoms with van der Waals surface area (Å²) in [6, 6.07) is 5.38. The van der Waals surface area contributed by atoms with Crippen molar-refractivity contribution in [3.63, 3.8) is 0 Å². The second kappa shape index (κ2) is 6.86. The summed E-state index contributed by atoms with van der Waals surface area (Å²) in [4.78, 5) is 39.0. The quantitative estimate of drug-likeness (QED) is 0.614. The standard InChI is InChI=1S/C18H20N2O4/c1-13(21)19-7-9-20(10-8-19)18(23)5-4-16(22)15-3-2-14-6-11-24-17(14)12-15/h2-5,12H,6-11H2,1H3/b5-4+. The summed E-state index contributed by atoms with van der Waals surface area (Å²) >= 11 is 0. The zero-order chi connectivity index (χ0) is 17.1. The fourth-order valence-corrected chi connectivity index (χ4v) is 2.91. The minimum absolute atomic E-state index is 0.0200. The van der Waals surface area contributed by atoms with Gasteiger partial charge < -0.3 is 14.5 Å². The Bertz CT molecular complexity index is 703. The summed E-state index contributed by atoms with van der Waals surface area (Å²) in [5.41, 5.74) is 1.62. The van der Waals surface area contributed by atoms with E-state index in [9.17, 15) is 14.4 Å². The van der Waals surface area contributed by atoms with E-state index >= 15 is 0 Å². The van der Waals surface area contributed by atoms with Gasteiger partial charge in [0.2, 0.25) is 11.8 Å². The second-order valence-electron chi connectivity index (χ2n) is 5.95. The lowest BCUT2D eigenvalue weighted by Gasteiger charge is -2.33. The van der Waals surface area contributed by atoms with Crippen LogP contribution in [0.25, 0.3) is 0 Å². The number of carbonyl (C=O) groups is 3. The Morgan fingerprint density at radius 3 is 2.46 bits per heavy atom. The van der Waals surface area contributed by atoms with Crippen molar-refractivity contribution in [3.05, 3.63) is 41.5 Å². The molecule has 2 aliphatic rings. The van der Waals surface area contributed by atoms with Crippen molar-refractivity contribution in [1.29, 1.82) is 0 Å². The van der Waals surface area contributed by atoms with Crippen molar-refractivity contribution in [2.75, 3.05) is 32.8 Å². The fraction of sp³-hybridized carbons (Fsp3) is 0.389. The van der Waals surface area contributed by atoms with Crippen molar-refractivity contribution in [3.8, 4) is 5.75 Å². The van der Waals surface area contributed by atoms with Gasteiger partial charge in [-0.15, -0.1) is 0 Å². The molecule has 2 aliphatic heterocycles. The van der Waals surface area contributed by atoms with E-state index in [0.717, 1.165) is 17.7 Å². The van der Waals surface area contributed by atoms with Gasteiger partial charge in [0.1, 0.15) is 5.75 Å². The molecule has 3 rings (SSSR count). The highest BCUT2D eigenvalue weighted by molar-refractivity contribution is 6.07. The predicted octanol–water partition coefficient (Wildman–Crippen LogP) is 1.05. The Morgan fingerprint density at radius 2 is 1.75 bits per heavy atom. The lowest BCUT2D eigenvalue weighted by Crippen LogP contribution is -2.49. The molecule has 1 saturated heterocycles. The maximum absolute atomic E-state index is 12.2. The predicted molar refractivity (Wildman–Crippen MR) is 87.9 cm³/mol. The molecule has 0 aliphatic carbocycles. The lowest BCUT2D eigenvalue weighted by molar-refractivity contribution is -0.135. The average Bonchev–Trinajstić information content (AvgIpc) is 3.07. The largest absolute Gasteiger partial charge is 0.493 e. The number of hydrogen-bond donors (Lipinski definition) is 0. The lowest BCUT2D eigenvalue weighted by atomic mass is 10.1. The summed E-state index contributed by atoms with van der Waals surface area (Å²) in [6.45, 7) is 4.22. The molecule has 2 amide bonds. The van der Waals surface area contributed by atoms with Gasteiger partial charge in [-0.05, 0) is 17.7 Å². The molecule has 0 atom stereocenters. The first kappa shape index (κ1) is 16.2. The van der Waals surface area contributed by atoms with Crippen LogP contribution in [0.15, 0.2) is 30.4 Å². The van der Waals surface area contributed by atoms with E-state index in [-0.39, 0.29) is 17.6 Å². The van der Waals surface area contributed by atoms with Crippen LogP contribution in [0.4, 0.5) is 0 Å². The molecule has 0 bridgehead atoms. The first-order chi connectivity index (χ1) is 11.5. The molecule has 0 spiro atoms. The monoisotopic (exact) mass is 328 g/mol. The van der Waals surface area contributed by atoms with E-state index in [4.69, 9.17) is 4.74 Å². The molecule has 2 heterocycles. The molecule has 126 valence electrons. The Balaban J connectivity index is 1.58. The highest BCUT2D eigenvalue weighted by Gasteiger charge is 2.21. The van der Waals surface area contributed by atoms with Crippen LogP contribution in [0.2, 0.25) is 0 Å². The zero-order valence-electron chi connectivity index (χ0n) is 13.7. The number of hydrogen-bond acceptors (Lipinski definition) is 4. The molecule has 24 heavy (non-hydrogen) atoms. The van der Waals surface area contributed by atoms with E-state index in [1.165, 1.54) is 19.1 Å². The molecule has 0 unspecified atom stereocenters. The number of benzene rings is 1. The number of nitrogens with zero attached hydrogens (tertiary/aromatic N) is 2. The SMILES string of the molecule is CC(=O)N1CCN(C(=O)/C=C/C(=O)c2ccc3c(c2)OCC3)CC1. The van der Waals surface area contributed by atoms with Gasteiger partial charge in [0.15, 0.2) is 5.78 Å². The van der Waals surface area contributed by atoms with Gasteiger partial charge >= 0.3 is 0 Å². The van der Waals surface area contributed by atoms with E-state index in [0.29, 0.717) is 38.3 Å². The number of piperazine rings is 1. The van der Waals surface area contributed by atoms with Crippen molar-refractivity contribution in [2.45, 2.75) is 13.3 Å². The number of carbonyl (C=O) groups excluding carboxylic acids is 3. The maximum Gasteiger partial charge on any atom is 0.246 e. The van der Waals surface area contributed by atoms with E-state index in [1.807, 2.05) is 6.07 Å². The van der Waals surface area contributed by atoms with Gasteiger partial charge in [0.05, 0.1) is 6.61 Å². The van der Waals surface area contributed by atoms with Gasteiger partial charge in [-0.3, -0.25) is 14.4 Å². The van der Waals surface area contributed by atoms with Crippen LogP contribution < -0.4 is 4.74 Å². The summed E-state index contributed by atoms with van der Waals surface area (Å²) in [7, 11) is 0. The summed E-state index contributed by atoms with van der Waals surface area (Å²) in [6.07, 6.45) is 3.47. The number of amides is 2. The van der Waals surface area contributed by atoms with Crippen LogP contribution in [-0.4, -0.2) is 60.2 Å². The Hall–Kier alpha value is -2.63. The average molecular weight is 328 g/mol. The number of ketones is 1. The molecule has 1 aromatic carbocycles. The van der Waals surface area contributed by atoms with Gasteiger partial charge in [-0.1, -0.05) is 12.1 Å². The summed E-state index contributed by atoms with van der Waals surface area (Å²) in [5.74, 6) is 0.348. The van der Waals surface area contributed by atoms with Crippen LogP contribution >= 0.6 is 0 Å². The topological polar surface area (TPSA) is 66.9 Å². The van der Waals surface area contributed by atoms with Crippen molar-refractivity contribution < 1.29 is 19.1 Å². The molecule has 0 saturated carbocycles. The van der Waals surface area contributed by atoms with Crippen molar-refractivity contribution >= 4 is 17.6 Å². The first-order valence-corrected chi connectivity index (χ1v) is 8.07. The Morgan fingerprint density at radius 1 is 1.04 bits per heavy atom. The molecule has 1 fully saturated rings. The minimum Gasteiger partial charge on any atom is -0.493 e. The molecule has 1 aromatic rings. The number of rotatable bonds is 3. The smallest absolute Gasteiger partial charge is 0.246 e. The van der Waals surface area contributed by atoms with Crippen LogP contribution in [0.5, 0.6) is 5.75 Å². The van der Waals surface area contributed by atoms with Gasteiger partial charge in [0, 0.05) is 51.2 Å². The minimum atomic E-state index is -0.218. The highest BCUT2D eigenvalue weighted by atomic mass is 16.5. The molecular formula is C18H20N2O4. The molecule has 6 nitrogen and oxygen atoms in total. The van der Waals surface area contributed by atoms with Crippen molar-refractivity contribution in [1.82, 2.24) is 9.80 Å². The normalized spacial score (nSPS) is 16.9. The number of ether oxygens (including phenoxy) is 1. The number of fused-ring (bicyclic) bond motifs is 1. The third kappa shape index (κ3) is 3.48. The third-order valence-electron chi connectivity index (χ3n) is 4.39. The number of allylic oxidation sites excluding steroid dienone is 1. The first-order valence-electron chi connectivity index (χ1n) is 8.07. The van der Waals surface area contributed by atoms with Gasteiger partial charge in [0.25, 0.3) is 0 Å². The van der Waals surface area contributed by atoms with Crippen molar-refractivity contribution in [2.24, 2.45) is 0 Å². The van der Waals surface area contributed by atoms with Gasteiger partial charge in [-0.25, -0.2) is 0 Å². The van der Waals surface area contributed by atoms with Crippen LogP contribution in [0.1, 0.15) is 22.8 Å². The Kier molecular flexibility index (Phi) is 4.64. The molecule has 0 radical (unpaired) electrons. The van der Waals surface area contributed by atoms with E-state index in [1.54, 1.807) is 21.9 Å². The summed E-state index contributed by atoms with van der Waals surface area (Å²) in [5, 5.41) is 0. The van der Waals surface area contributed by atoms with E-state index < -0.39 is 0 Å².